The van der Waals surface area contributed by atoms with Gasteiger partial charge in [0.2, 0.25) is 0 Å². The molecule has 180 valence electrons. The molecule has 0 aromatic heterocycles. The van der Waals surface area contributed by atoms with Gasteiger partial charge in [0.05, 0.1) is 16.8 Å². The van der Waals surface area contributed by atoms with Crippen molar-refractivity contribution in [3.63, 3.8) is 0 Å². The van der Waals surface area contributed by atoms with Crippen LogP contribution in [0.2, 0.25) is 0 Å². The van der Waals surface area contributed by atoms with E-state index in [1.807, 2.05) is 0 Å². The number of fused-ring (bicyclic) bond motifs is 8. The SMILES string of the molecule is CC1(C)C2CCCNC2C2(c3ccccc3N(c3ccccc3)c3ccccc32)C2NCCCC21. The lowest BCUT2D eigenvalue weighted by molar-refractivity contribution is -0.0662. The Labute approximate surface area is 209 Å². The predicted octanol–water partition coefficient (Wildman–Crippen LogP) is 6.53. The summed E-state index contributed by atoms with van der Waals surface area (Å²) in [6.07, 6.45) is 5.21. The fourth-order valence-corrected chi connectivity index (χ4v) is 8.64. The molecule has 0 amide bonds. The summed E-state index contributed by atoms with van der Waals surface area (Å²) in [5, 5.41) is 8.30. The zero-order valence-electron chi connectivity index (χ0n) is 21.0. The van der Waals surface area contributed by atoms with E-state index in [-0.39, 0.29) is 5.41 Å². The Bertz CT molecular complexity index is 1160. The molecule has 3 heterocycles. The van der Waals surface area contributed by atoms with Crippen LogP contribution in [-0.4, -0.2) is 25.2 Å². The number of benzene rings is 3. The van der Waals surface area contributed by atoms with Crippen LogP contribution in [0.1, 0.15) is 50.7 Å². The molecule has 0 radical (unpaired) electrons. The normalized spacial score (nSPS) is 30.1. The Morgan fingerprint density at radius 2 is 1.14 bits per heavy atom. The van der Waals surface area contributed by atoms with Crippen LogP contribution >= 0.6 is 0 Å². The first-order valence-corrected chi connectivity index (χ1v) is 13.7. The third-order valence-corrected chi connectivity index (χ3v) is 10.0. The van der Waals surface area contributed by atoms with Gasteiger partial charge >= 0.3 is 0 Å². The van der Waals surface area contributed by atoms with Crippen LogP contribution < -0.4 is 15.5 Å². The summed E-state index contributed by atoms with van der Waals surface area (Å²) in [4.78, 5) is 2.51. The quantitative estimate of drug-likeness (QED) is 0.429. The first kappa shape index (κ1) is 21.6. The Morgan fingerprint density at radius 1 is 0.657 bits per heavy atom. The molecule has 3 nitrogen and oxygen atoms in total. The van der Waals surface area contributed by atoms with Crippen molar-refractivity contribution in [2.24, 2.45) is 17.3 Å². The highest BCUT2D eigenvalue weighted by Gasteiger charge is 2.65. The topological polar surface area (TPSA) is 27.3 Å². The summed E-state index contributed by atoms with van der Waals surface area (Å²) in [6, 6.07) is 30.3. The summed E-state index contributed by atoms with van der Waals surface area (Å²) in [7, 11) is 0. The van der Waals surface area contributed by atoms with E-state index in [1.165, 1.54) is 53.9 Å². The molecule has 1 aliphatic carbocycles. The Hall–Kier alpha value is -2.62. The number of rotatable bonds is 1. The molecule has 2 N–H and O–H groups in total. The molecule has 3 aromatic rings. The highest BCUT2D eigenvalue weighted by Crippen LogP contribution is 2.64. The van der Waals surface area contributed by atoms with Gasteiger partial charge in [0.1, 0.15) is 0 Å². The lowest BCUT2D eigenvalue weighted by Gasteiger charge is -2.67. The minimum absolute atomic E-state index is 0.0931. The van der Waals surface area contributed by atoms with E-state index in [9.17, 15) is 0 Å². The molecule has 1 spiro atoms. The van der Waals surface area contributed by atoms with Crippen LogP contribution in [0.15, 0.2) is 78.9 Å². The number of piperidine rings is 2. The standard InChI is InChI=1S/C32H37N3/c1-31(2)25-16-10-20-33-29(25)32(30-26(31)17-11-21-34-30)23-14-6-8-18-27(23)35(22-12-4-3-5-13-22)28-19-9-7-15-24(28)32/h3-9,12-15,18-19,25-26,29-30,33-34H,10-11,16-17,20-21H2,1-2H3. The molecule has 4 aliphatic rings. The molecule has 35 heavy (non-hydrogen) atoms. The van der Waals surface area contributed by atoms with Gasteiger partial charge < -0.3 is 15.5 Å². The van der Waals surface area contributed by atoms with E-state index >= 15 is 0 Å². The maximum Gasteiger partial charge on any atom is 0.0555 e. The molecule has 0 bridgehead atoms. The average molecular weight is 464 g/mol. The first-order chi connectivity index (χ1) is 17.1. The molecule has 4 atom stereocenters. The number of nitrogens with zero attached hydrogens (tertiary/aromatic N) is 1. The van der Waals surface area contributed by atoms with Crippen molar-refractivity contribution in [2.75, 3.05) is 18.0 Å². The Kier molecular flexibility index (Phi) is 4.91. The van der Waals surface area contributed by atoms with E-state index in [0.717, 1.165) is 13.1 Å². The summed E-state index contributed by atoms with van der Waals surface area (Å²) < 4.78 is 0. The van der Waals surface area contributed by atoms with Gasteiger partial charge in [0.15, 0.2) is 0 Å². The molecule has 3 aromatic carbocycles. The van der Waals surface area contributed by atoms with Crippen molar-refractivity contribution in [1.82, 2.24) is 10.6 Å². The Balaban J connectivity index is 1.56. The molecular weight excluding hydrogens is 426 g/mol. The second-order valence-corrected chi connectivity index (χ2v) is 11.8. The highest BCUT2D eigenvalue weighted by atomic mass is 15.2. The number of hydrogen-bond acceptors (Lipinski definition) is 3. The van der Waals surface area contributed by atoms with Crippen LogP contribution in [0.5, 0.6) is 0 Å². The lowest BCUT2D eigenvalue weighted by atomic mass is 9.43. The van der Waals surface area contributed by atoms with Crippen LogP contribution in [0.25, 0.3) is 0 Å². The van der Waals surface area contributed by atoms with Crippen molar-refractivity contribution in [1.29, 1.82) is 0 Å². The molecule has 7 rings (SSSR count). The van der Waals surface area contributed by atoms with Gasteiger partial charge in [-0.25, -0.2) is 0 Å². The molecule has 3 fully saturated rings. The van der Waals surface area contributed by atoms with Crippen molar-refractivity contribution < 1.29 is 0 Å². The van der Waals surface area contributed by atoms with Crippen molar-refractivity contribution in [3.05, 3.63) is 90.0 Å². The summed E-state index contributed by atoms with van der Waals surface area (Å²) in [5.74, 6) is 1.31. The van der Waals surface area contributed by atoms with Gasteiger partial charge in [-0.1, -0.05) is 68.4 Å². The van der Waals surface area contributed by atoms with Crippen LogP contribution in [0.4, 0.5) is 17.1 Å². The second-order valence-electron chi connectivity index (χ2n) is 11.8. The van der Waals surface area contributed by atoms with Gasteiger partial charge in [0, 0.05) is 17.8 Å². The van der Waals surface area contributed by atoms with Crippen LogP contribution in [-0.2, 0) is 5.41 Å². The van der Waals surface area contributed by atoms with Crippen LogP contribution in [0.3, 0.4) is 0 Å². The van der Waals surface area contributed by atoms with E-state index in [0.29, 0.717) is 29.3 Å². The van der Waals surface area contributed by atoms with Crippen molar-refractivity contribution in [2.45, 2.75) is 57.0 Å². The minimum Gasteiger partial charge on any atom is -0.312 e. The molecule has 3 heteroatoms. The molecule has 3 aliphatic heterocycles. The summed E-state index contributed by atoms with van der Waals surface area (Å²) >= 11 is 0. The maximum absolute atomic E-state index is 4.15. The lowest BCUT2D eigenvalue weighted by Crippen LogP contribution is -2.75. The van der Waals surface area contributed by atoms with E-state index in [1.54, 1.807) is 0 Å². The zero-order valence-corrected chi connectivity index (χ0v) is 21.0. The third-order valence-electron chi connectivity index (χ3n) is 10.0. The summed E-state index contributed by atoms with van der Waals surface area (Å²) in [6.45, 7) is 7.38. The molecular formula is C32H37N3. The number of nitrogens with one attached hydrogen (secondary N) is 2. The van der Waals surface area contributed by atoms with E-state index in [2.05, 4.69) is 108 Å². The molecule has 1 saturated carbocycles. The molecule has 2 saturated heterocycles. The number of hydrogen-bond donors (Lipinski definition) is 2. The minimum atomic E-state index is -0.0931. The largest absolute Gasteiger partial charge is 0.312 e. The summed E-state index contributed by atoms with van der Waals surface area (Å²) in [5.41, 5.74) is 7.12. The highest BCUT2D eigenvalue weighted by molar-refractivity contribution is 5.87. The monoisotopic (exact) mass is 463 g/mol. The van der Waals surface area contributed by atoms with E-state index < -0.39 is 0 Å². The fraction of sp³-hybridized carbons (Fsp3) is 0.438. The van der Waals surface area contributed by atoms with Gasteiger partial charge in [-0.15, -0.1) is 0 Å². The van der Waals surface area contributed by atoms with Crippen molar-refractivity contribution >= 4 is 17.1 Å². The first-order valence-electron chi connectivity index (χ1n) is 13.7. The maximum atomic E-state index is 4.15. The van der Waals surface area contributed by atoms with E-state index in [4.69, 9.17) is 0 Å². The predicted molar refractivity (Wildman–Crippen MR) is 145 cm³/mol. The van der Waals surface area contributed by atoms with Crippen LogP contribution in [0, 0.1) is 17.3 Å². The number of anilines is 3. The molecule has 4 unspecified atom stereocenters. The zero-order chi connectivity index (χ0) is 23.6. The van der Waals surface area contributed by atoms with Gasteiger partial charge in [-0.2, -0.15) is 0 Å². The second kappa shape index (κ2) is 7.94. The fourth-order valence-electron chi connectivity index (χ4n) is 8.64. The average Bonchev–Trinajstić information content (AvgIpc) is 2.92. The smallest absolute Gasteiger partial charge is 0.0555 e. The Morgan fingerprint density at radius 3 is 1.69 bits per heavy atom. The third kappa shape index (κ3) is 2.86. The van der Waals surface area contributed by atoms with Gasteiger partial charge in [-0.05, 0) is 91.4 Å². The van der Waals surface area contributed by atoms with Gasteiger partial charge in [-0.3, -0.25) is 0 Å². The van der Waals surface area contributed by atoms with Crippen molar-refractivity contribution in [3.8, 4) is 0 Å². The number of para-hydroxylation sites is 3. The van der Waals surface area contributed by atoms with Gasteiger partial charge in [0.25, 0.3) is 0 Å².